The maximum absolute atomic E-state index is 4.57. The fourth-order valence-electron chi connectivity index (χ4n) is 2.47. The highest BCUT2D eigenvalue weighted by molar-refractivity contribution is 5.19. The highest BCUT2D eigenvalue weighted by Crippen LogP contribution is 2.29. The van der Waals surface area contributed by atoms with Crippen LogP contribution in [0.2, 0.25) is 0 Å². The second kappa shape index (κ2) is 5.44. The summed E-state index contributed by atoms with van der Waals surface area (Å²) in [7, 11) is 2.21. The van der Waals surface area contributed by atoms with Crippen molar-refractivity contribution < 1.29 is 0 Å². The highest BCUT2D eigenvalue weighted by Gasteiger charge is 2.22. The van der Waals surface area contributed by atoms with E-state index in [-0.39, 0.29) is 0 Å². The lowest BCUT2D eigenvalue weighted by molar-refractivity contribution is 0.317. The van der Waals surface area contributed by atoms with Crippen molar-refractivity contribution in [1.29, 1.82) is 0 Å². The molecule has 0 saturated carbocycles. The largest absolute Gasteiger partial charge is 0.299 e. The summed E-state index contributed by atoms with van der Waals surface area (Å²) in [6.07, 6.45) is 8.30. The first-order valence-electron chi connectivity index (χ1n) is 6.46. The first kappa shape index (κ1) is 11.6. The molecule has 1 aromatic heterocycles. The summed E-state index contributed by atoms with van der Waals surface area (Å²) >= 11 is 0. The summed E-state index contributed by atoms with van der Waals surface area (Å²) in [6, 6.07) is 5.08. The van der Waals surface area contributed by atoms with Crippen molar-refractivity contribution in [2.75, 3.05) is 13.6 Å². The lowest BCUT2D eigenvalue weighted by Gasteiger charge is -2.19. The number of aryl methyl sites for hydroxylation is 1. The van der Waals surface area contributed by atoms with Gasteiger partial charge in [-0.1, -0.05) is 19.4 Å². The van der Waals surface area contributed by atoms with Crippen LogP contribution in [0.3, 0.4) is 0 Å². The SMILES string of the molecule is CCCCc1ccc(C2CCCN2C)cn1. The molecule has 2 heterocycles. The van der Waals surface area contributed by atoms with Crippen molar-refractivity contribution in [2.24, 2.45) is 0 Å². The average molecular weight is 218 g/mol. The van der Waals surface area contributed by atoms with Crippen molar-refractivity contribution in [3.63, 3.8) is 0 Å². The number of pyridine rings is 1. The molecule has 1 aliphatic heterocycles. The van der Waals surface area contributed by atoms with Gasteiger partial charge in [-0.15, -0.1) is 0 Å². The number of hydrogen-bond donors (Lipinski definition) is 0. The van der Waals surface area contributed by atoms with Crippen molar-refractivity contribution in [3.8, 4) is 0 Å². The van der Waals surface area contributed by atoms with Gasteiger partial charge in [0.2, 0.25) is 0 Å². The van der Waals surface area contributed by atoms with Crippen LogP contribution in [-0.2, 0) is 6.42 Å². The summed E-state index contributed by atoms with van der Waals surface area (Å²) in [6.45, 7) is 3.45. The Balaban J connectivity index is 2.01. The first-order chi connectivity index (χ1) is 7.81. The van der Waals surface area contributed by atoms with Crippen LogP contribution in [0, 0.1) is 0 Å². The fraction of sp³-hybridized carbons (Fsp3) is 0.643. The summed E-state index contributed by atoms with van der Waals surface area (Å²) in [5.74, 6) is 0. The zero-order valence-electron chi connectivity index (χ0n) is 10.4. The molecule has 1 unspecified atom stereocenters. The normalized spacial score (nSPS) is 21.5. The van der Waals surface area contributed by atoms with E-state index in [2.05, 4.69) is 42.2 Å². The first-order valence-corrected chi connectivity index (χ1v) is 6.46. The second-order valence-corrected chi connectivity index (χ2v) is 4.83. The van der Waals surface area contributed by atoms with Gasteiger partial charge in [0.25, 0.3) is 0 Å². The van der Waals surface area contributed by atoms with Crippen LogP contribution >= 0.6 is 0 Å². The third-order valence-electron chi connectivity index (χ3n) is 3.54. The lowest BCUT2D eigenvalue weighted by atomic mass is 10.1. The molecule has 1 aliphatic rings. The van der Waals surface area contributed by atoms with Crippen molar-refractivity contribution in [3.05, 3.63) is 29.6 Å². The molecule has 0 aliphatic carbocycles. The van der Waals surface area contributed by atoms with E-state index in [1.54, 1.807) is 0 Å². The summed E-state index contributed by atoms with van der Waals surface area (Å²) in [4.78, 5) is 7.00. The van der Waals surface area contributed by atoms with Crippen LogP contribution in [0.15, 0.2) is 18.3 Å². The molecule has 1 fully saturated rings. The minimum atomic E-state index is 0.604. The minimum Gasteiger partial charge on any atom is -0.299 e. The molecule has 0 spiro atoms. The molecule has 1 saturated heterocycles. The van der Waals surface area contributed by atoms with E-state index < -0.39 is 0 Å². The molecule has 2 nitrogen and oxygen atoms in total. The number of nitrogens with zero attached hydrogens (tertiary/aromatic N) is 2. The summed E-state index contributed by atoms with van der Waals surface area (Å²) in [5.41, 5.74) is 2.63. The van der Waals surface area contributed by atoms with Gasteiger partial charge in [-0.05, 0) is 50.9 Å². The number of hydrogen-bond acceptors (Lipinski definition) is 2. The Kier molecular flexibility index (Phi) is 3.94. The zero-order chi connectivity index (χ0) is 11.4. The number of likely N-dealkylation sites (tertiary alicyclic amines) is 1. The monoisotopic (exact) mass is 218 g/mol. The van der Waals surface area contributed by atoms with Gasteiger partial charge < -0.3 is 0 Å². The number of rotatable bonds is 4. The summed E-state index contributed by atoms with van der Waals surface area (Å²) < 4.78 is 0. The molecule has 88 valence electrons. The molecule has 0 bridgehead atoms. The van der Waals surface area contributed by atoms with Crippen LogP contribution < -0.4 is 0 Å². The Morgan fingerprint density at radius 2 is 2.31 bits per heavy atom. The predicted molar refractivity (Wildman–Crippen MR) is 67.5 cm³/mol. The Morgan fingerprint density at radius 3 is 2.88 bits per heavy atom. The van der Waals surface area contributed by atoms with E-state index >= 15 is 0 Å². The molecule has 0 amide bonds. The van der Waals surface area contributed by atoms with Crippen LogP contribution in [0.1, 0.15) is 49.9 Å². The third-order valence-corrected chi connectivity index (χ3v) is 3.54. The standard InChI is InChI=1S/C14H22N2/c1-3-4-6-13-9-8-12(11-15-13)14-7-5-10-16(14)2/h8-9,11,14H,3-7,10H2,1-2H3. The molecule has 2 rings (SSSR count). The van der Waals surface area contributed by atoms with E-state index in [9.17, 15) is 0 Å². The smallest absolute Gasteiger partial charge is 0.0403 e. The van der Waals surface area contributed by atoms with E-state index in [1.165, 1.54) is 43.5 Å². The molecule has 2 heteroatoms. The van der Waals surface area contributed by atoms with Crippen LogP contribution in [0.5, 0.6) is 0 Å². The Hall–Kier alpha value is -0.890. The topological polar surface area (TPSA) is 16.1 Å². The Labute approximate surface area is 98.7 Å². The van der Waals surface area contributed by atoms with Crippen molar-refractivity contribution in [1.82, 2.24) is 9.88 Å². The van der Waals surface area contributed by atoms with Gasteiger partial charge in [-0.2, -0.15) is 0 Å². The van der Waals surface area contributed by atoms with E-state index in [4.69, 9.17) is 0 Å². The fourth-order valence-corrected chi connectivity index (χ4v) is 2.47. The molecule has 1 aromatic rings. The molecular weight excluding hydrogens is 196 g/mol. The maximum Gasteiger partial charge on any atom is 0.0403 e. The van der Waals surface area contributed by atoms with Crippen LogP contribution in [-0.4, -0.2) is 23.5 Å². The van der Waals surface area contributed by atoms with Gasteiger partial charge in [0.15, 0.2) is 0 Å². The van der Waals surface area contributed by atoms with E-state index in [1.807, 2.05) is 0 Å². The van der Waals surface area contributed by atoms with Crippen LogP contribution in [0.25, 0.3) is 0 Å². The van der Waals surface area contributed by atoms with Gasteiger partial charge in [0.05, 0.1) is 0 Å². The minimum absolute atomic E-state index is 0.604. The molecule has 1 atom stereocenters. The van der Waals surface area contributed by atoms with Crippen molar-refractivity contribution >= 4 is 0 Å². The van der Waals surface area contributed by atoms with Crippen LogP contribution in [0.4, 0.5) is 0 Å². The quantitative estimate of drug-likeness (QED) is 0.771. The van der Waals surface area contributed by atoms with E-state index in [0.29, 0.717) is 6.04 Å². The molecule has 0 aromatic carbocycles. The Bertz CT molecular complexity index is 318. The molecule has 16 heavy (non-hydrogen) atoms. The average Bonchev–Trinajstić information content (AvgIpc) is 2.74. The van der Waals surface area contributed by atoms with Crippen molar-refractivity contribution in [2.45, 2.75) is 45.1 Å². The number of aromatic nitrogens is 1. The second-order valence-electron chi connectivity index (χ2n) is 4.83. The lowest BCUT2D eigenvalue weighted by Crippen LogP contribution is -2.17. The zero-order valence-corrected chi connectivity index (χ0v) is 10.4. The van der Waals surface area contributed by atoms with E-state index in [0.717, 1.165) is 6.42 Å². The predicted octanol–water partition coefficient (Wildman–Crippen LogP) is 3.19. The number of unbranched alkanes of at least 4 members (excludes halogenated alkanes) is 1. The molecule has 0 N–H and O–H groups in total. The van der Waals surface area contributed by atoms with Gasteiger partial charge in [0, 0.05) is 17.9 Å². The van der Waals surface area contributed by atoms with Gasteiger partial charge in [-0.3, -0.25) is 9.88 Å². The van der Waals surface area contributed by atoms with Gasteiger partial charge in [-0.25, -0.2) is 0 Å². The summed E-state index contributed by atoms with van der Waals surface area (Å²) in [5, 5.41) is 0. The maximum atomic E-state index is 4.57. The van der Waals surface area contributed by atoms with Gasteiger partial charge in [0.1, 0.15) is 0 Å². The molecule has 0 radical (unpaired) electrons. The third kappa shape index (κ3) is 2.62. The molecular formula is C14H22N2. The van der Waals surface area contributed by atoms with Gasteiger partial charge >= 0.3 is 0 Å². The Morgan fingerprint density at radius 1 is 1.44 bits per heavy atom. The highest BCUT2D eigenvalue weighted by atomic mass is 15.1.